The van der Waals surface area contributed by atoms with Crippen molar-refractivity contribution >= 4 is 34.7 Å². The van der Waals surface area contributed by atoms with Crippen molar-refractivity contribution in [1.29, 1.82) is 0 Å². The third kappa shape index (κ3) is 5.16. The van der Waals surface area contributed by atoms with Gasteiger partial charge in [-0.25, -0.2) is 10.4 Å². The van der Waals surface area contributed by atoms with Gasteiger partial charge in [0.25, 0.3) is 11.5 Å². The molecular weight excluding hydrogens is 422 g/mol. The van der Waals surface area contributed by atoms with Gasteiger partial charge in [-0.2, -0.15) is 5.10 Å². The van der Waals surface area contributed by atoms with Crippen LogP contribution in [0, 0.1) is 0 Å². The molecule has 0 atom stereocenters. The predicted octanol–water partition coefficient (Wildman–Crippen LogP) is 3.53. The number of amides is 1. The Morgan fingerprint density at radius 1 is 1.15 bits per heavy atom. The Kier molecular flexibility index (Phi) is 6.31. The topological polar surface area (TPSA) is 129 Å². The number of ether oxygens (including phenoxy) is 1. The number of hydrogen-bond donors (Lipinski definition) is 4. The Morgan fingerprint density at radius 3 is 2.73 bits per heavy atom. The van der Waals surface area contributed by atoms with E-state index in [9.17, 15) is 14.7 Å². The fourth-order valence-electron chi connectivity index (χ4n) is 3.10. The Labute approximate surface area is 188 Å². The first-order valence-corrected chi connectivity index (χ1v) is 10.2. The van der Waals surface area contributed by atoms with Crippen LogP contribution in [-0.2, 0) is 0 Å². The molecular formula is C24H21N5O4. The lowest BCUT2D eigenvalue weighted by Gasteiger charge is -2.07. The maximum absolute atomic E-state index is 12.3. The molecule has 0 bridgehead atoms. The minimum Gasteiger partial charge on any atom is -0.504 e. The number of phenolic OH excluding ortho intramolecular Hbond substituents is 1. The zero-order valence-corrected chi connectivity index (χ0v) is 17.7. The van der Waals surface area contributed by atoms with E-state index in [0.717, 1.165) is 0 Å². The third-order valence-corrected chi connectivity index (χ3v) is 4.69. The summed E-state index contributed by atoms with van der Waals surface area (Å²) in [7, 11) is 0. The van der Waals surface area contributed by atoms with Crippen molar-refractivity contribution in [2.45, 2.75) is 6.92 Å². The number of aromatic amines is 1. The number of rotatable bonds is 7. The summed E-state index contributed by atoms with van der Waals surface area (Å²) in [6, 6.07) is 18.5. The minimum atomic E-state index is -0.390. The van der Waals surface area contributed by atoms with Gasteiger partial charge < -0.3 is 15.2 Å². The second-order valence-electron chi connectivity index (χ2n) is 6.99. The van der Waals surface area contributed by atoms with E-state index in [1.165, 1.54) is 12.3 Å². The highest BCUT2D eigenvalue weighted by Crippen LogP contribution is 2.26. The fraction of sp³-hybridized carbons (Fsp3) is 0.0833. The molecule has 166 valence electrons. The quantitative estimate of drug-likeness (QED) is 0.255. The summed E-state index contributed by atoms with van der Waals surface area (Å²) in [5.74, 6) is 0.299. The van der Waals surface area contributed by atoms with Crippen LogP contribution in [-0.4, -0.2) is 33.8 Å². The van der Waals surface area contributed by atoms with Gasteiger partial charge in [0.1, 0.15) is 0 Å². The molecule has 0 radical (unpaired) electrons. The van der Waals surface area contributed by atoms with Crippen molar-refractivity contribution in [3.63, 3.8) is 0 Å². The molecule has 0 saturated heterocycles. The molecule has 0 aliphatic carbocycles. The molecule has 0 unspecified atom stereocenters. The van der Waals surface area contributed by atoms with Crippen LogP contribution in [0.3, 0.4) is 0 Å². The van der Waals surface area contributed by atoms with Gasteiger partial charge in [-0.1, -0.05) is 12.1 Å². The Morgan fingerprint density at radius 2 is 1.94 bits per heavy atom. The van der Waals surface area contributed by atoms with Crippen molar-refractivity contribution < 1.29 is 14.6 Å². The number of hydrazone groups is 1. The molecule has 4 N–H and O–H groups in total. The summed E-state index contributed by atoms with van der Waals surface area (Å²) >= 11 is 0. The van der Waals surface area contributed by atoms with Crippen LogP contribution in [0.5, 0.6) is 11.5 Å². The Balaban J connectivity index is 1.40. The van der Waals surface area contributed by atoms with Gasteiger partial charge in [-0.3, -0.25) is 14.6 Å². The number of benzene rings is 3. The molecule has 1 heterocycles. The van der Waals surface area contributed by atoms with Gasteiger partial charge in [0, 0.05) is 11.3 Å². The number of carbonyl (C=O) groups excluding carboxylic acids is 1. The number of anilines is 2. The molecule has 1 amide bonds. The molecule has 9 nitrogen and oxygen atoms in total. The molecule has 1 aromatic heterocycles. The molecule has 0 saturated carbocycles. The molecule has 4 rings (SSSR count). The molecule has 0 spiro atoms. The van der Waals surface area contributed by atoms with E-state index < -0.39 is 0 Å². The first-order valence-electron chi connectivity index (χ1n) is 10.2. The minimum absolute atomic E-state index is 0.0368. The predicted molar refractivity (Wildman–Crippen MR) is 126 cm³/mol. The van der Waals surface area contributed by atoms with E-state index in [4.69, 9.17) is 4.74 Å². The van der Waals surface area contributed by atoms with Crippen molar-refractivity contribution in [1.82, 2.24) is 15.4 Å². The van der Waals surface area contributed by atoms with Gasteiger partial charge in [0.05, 0.1) is 23.7 Å². The van der Waals surface area contributed by atoms with Crippen LogP contribution in [0.1, 0.15) is 22.8 Å². The molecule has 33 heavy (non-hydrogen) atoms. The van der Waals surface area contributed by atoms with Crippen LogP contribution in [0.2, 0.25) is 0 Å². The van der Waals surface area contributed by atoms with Crippen LogP contribution < -0.4 is 21.0 Å². The summed E-state index contributed by atoms with van der Waals surface area (Å²) in [5.41, 5.74) is 4.52. The zero-order valence-electron chi connectivity index (χ0n) is 17.7. The molecule has 0 fully saturated rings. The molecule has 0 aliphatic heterocycles. The molecule has 4 aromatic rings. The normalized spacial score (nSPS) is 10.9. The van der Waals surface area contributed by atoms with E-state index >= 15 is 0 Å². The van der Waals surface area contributed by atoms with E-state index in [-0.39, 0.29) is 17.2 Å². The maximum atomic E-state index is 12.3. The van der Waals surface area contributed by atoms with Crippen molar-refractivity contribution in [2.75, 3.05) is 11.9 Å². The number of hydrogen-bond acceptors (Lipinski definition) is 7. The van der Waals surface area contributed by atoms with E-state index in [1.54, 1.807) is 54.6 Å². The first-order chi connectivity index (χ1) is 16.0. The lowest BCUT2D eigenvalue weighted by molar-refractivity contribution is 0.0955. The standard InChI is InChI=1S/C24H21N5O4/c1-2-33-21-13-15(7-12-20(21)30)14-25-29-22(31)16-8-10-17(11-9-16)26-24-27-19-6-4-3-5-18(19)23(32)28-24/h3-14,30H,2H2,1H3,(H,29,31)(H2,26,27,28,32)/b25-14-. The lowest BCUT2D eigenvalue weighted by atomic mass is 10.2. The zero-order chi connectivity index (χ0) is 23.2. The SMILES string of the molecule is CCOc1cc(/C=N\NC(=O)c2ccc(Nc3nc4ccccc4c(=O)[nH]3)cc2)ccc1O. The van der Waals surface area contributed by atoms with Gasteiger partial charge in [-0.05, 0) is 67.1 Å². The average Bonchev–Trinajstić information content (AvgIpc) is 2.82. The molecule has 9 heteroatoms. The number of para-hydroxylation sites is 1. The highest BCUT2D eigenvalue weighted by Gasteiger charge is 2.07. The summed E-state index contributed by atoms with van der Waals surface area (Å²) in [6.45, 7) is 2.24. The summed E-state index contributed by atoms with van der Waals surface area (Å²) < 4.78 is 5.33. The van der Waals surface area contributed by atoms with Gasteiger partial charge in [-0.15, -0.1) is 0 Å². The lowest BCUT2D eigenvalue weighted by Crippen LogP contribution is -2.17. The number of aromatic nitrogens is 2. The van der Waals surface area contributed by atoms with Crippen LogP contribution in [0.25, 0.3) is 10.9 Å². The smallest absolute Gasteiger partial charge is 0.271 e. The van der Waals surface area contributed by atoms with Gasteiger partial charge in [0.2, 0.25) is 5.95 Å². The van der Waals surface area contributed by atoms with Gasteiger partial charge in [0.15, 0.2) is 11.5 Å². The average molecular weight is 443 g/mol. The van der Waals surface area contributed by atoms with Crippen LogP contribution in [0.15, 0.2) is 76.6 Å². The molecule has 3 aromatic carbocycles. The monoisotopic (exact) mass is 443 g/mol. The van der Waals surface area contributed by atoms with E-state index in [2.05, 4.69) is 25.8 Å². The third-order valence-electron chi connectivity index (χ3n) is 4.69. The number of phenols is 1. The summed E-state index contributed by atoms with van der Waals surface area (Å²) in [4.78, 5) is 31.6. The summed E-state index contributed by atoms with van der Waals surface area (Å²) in [6.07, 6.45) is 1.46. The number of H-pyrrole nitrogens is 1. The van der Waals surface area contributed by atoms with Gasteiger partial charge >= 0.3 is 0 Å². The van der Waals surface area contributed by atoms with Crippen molar-refractivity contribution in [2.24, 2.45) is 5.10 Å². The second kappa shape index (κ2) is 9.65. The van der Waals surface area contributed by atoms with Crippen LogP contribution in [0.4, 0.5) is 11.6 Å². The van der Waals surface area contributed by atoms with Crippen LogP contribution >= 0.6 is 0 Å². The van der Waals surface area contributed by atoms with Crippen molar-refractivity contribution in [3.05, 3.63) is 88.2 Å². The Hall–Kier alpha value is -4.66. The fourth-order valence-corrected chi connectivity index (χ4v) is 3.10. The van der Waals surface area contributed by atoms with Crippen molar-refractivity contribution in [3.8, 4) is 11.5 Å². The van der Waals surface area contributed by atoms with E-state index in [1.807, 2.05) is 13.0 Å². The van der Waals surface area contributed by atoms with E-state index in [0.29, 0.717) is 46.0 Å². The molecule has 0 aliphatic rings. The first kappa shape index (κ1) is 21.6. The number of carbonyl (C=O) groups is 1. The Bertz CT molecular complexity index is 1380. The highest BCUT2D eigenvalue weighted by atomic mass is 16.5. The number of fused-ring (bicyclic) bond motifs is 1. The highest BCUT2D eigenvalue weighted by molar-refractivity contribution is 5.95. The largest absolute Gasteiger partial charge is 0.504 e. The number of nitrogens with zero attached hydrogens (tertiary/aromatic N) is 2. The number of aromatic hydroxyl groups is 1. The second-order valence-corrected chi connectivity index (χ2v) is 6.99. The summed E-state index contributed by atoms with van der Waals surface area (Å²) in [5, 5.41) is 17.2. The number of nitrogens with one attached hydrogen (secondary N) is 3. The maximum Gasteiger partial charge on any atom is 0.271 e.